The third-order valence-electron chi connectivity index (χ3n) is 5.07. The molecule has 4 rings (SSSR count). The SMILES string of the molecule is Cc1cc(NC(=O)c2ccc(F)cc2Cl)sc1C(=O)Nc1ccc2c(c1)n(C)c(=O)n2C. The molecule has 164 valence electrons. The maximum absolute atomic E-state index is 13.2. The van der Waals surface area contributed by atoms with Crippen LogP contribution in [-0.2, 0) is 14.1 Å². The van der Waals surface area contributed by atoms with E-state index < -0.39 is 11.7 Å². The Morgan fingerprint density at radius 1 is 0.969 bits per heavy atom. The van der Waals surface area contributed by atoms with Gasteiger partial charge in [-0.05, 0) is 55.0 Å². The van der Waals surface area contributed by atoms with Crippen molar-refractivity contribution in [3.63, 3.8) is 0 Å². The second-order valence-corrected chi connectivity index (χ2v) is 8.72. The van der Waals surface area contributed by atoms with Crippen LogP contribution in [-0.4, -0.2) is 20.9 Å². The number of aromatic nitrogens is 2. The van der Waals surface area contributed by atoms with Gasteiger partial charge >= 0.3 is 5.69 Å². The lowest BCUT2D eigenvalue weighted by Crippen LogP contribution is -2.19. The predicted octanol–water partition coefficient (Wildman–Crippen LogP) is 4.54. The van der Waals surface area contributed by atoms with Gasteiger partial charge in [-0.15, -0.1) is 11.3 Å². The van der Waals surface area contributed by atoms with E-state index in [4.69, 9.17) is 11.6 Å². The van der Waals surface area contributed by atoms with Crippen molar-refractivity contribution in [2.75, 3.05) is 10.6 Å². The lowest BCUT2D eigenvalue weighted by atomic mass is 10.2. The smallest absolute Gasteiger partial charge is 0.321 e. The first-order valence-electron chi connectivity index (χ1n) is 9.49. The first kappa shape index (κ1) is 21.8. The van der Waals surface area contributed by atoms with E-state index in [1.54, 1.807) is 45.3 Å². The van der Waals surface area contributed by atoms with Crippen LogP contribution in [0.5, 0.6) is 0 Å². The fourth-order valence-corrected chi connectivity index (χ4v) is 4.61. The van der Waals surface area contributed by atoms with Gasteiger partial charge < -0.3 is 10.6 Å². The van der Waals surface area contributed by atoms with E-state index in [2.05, 4.69) is 10.6 Å². The molecule has 0 aliphatic carbocycles. The molecule has 0 fully saturated rings. The highest BCUT2D eigenvalue weighted by atomic mass is 35.5. The van der Waals surface area contributed by atoms with E-state index in [1.165, 1.54) is 15.2 Å². The molecule has 2 aromatic carbocycles. The van der Waals surface area contributed by atoms with Crippen LogP contribution in [0, 0.1) is 12.7 Å². The normalized spacial score (nSPS) is 11.0. The Morgan fingerprint density at radius 2 is 1.69 bits per heavy atom. The Kier molecular flexibility index (Phi) is 5.62. The maximum atomic E-state index is 13.2. The van der Waals surface area contributed by atoms with E-state index in [0.717, 1.165) is 29.0 Å². The number of hydrogen-bond donors (Lipinski definition) is 2. The van der Waals surface area contributed by atoms with Crippen LogP contribution in [0.3, 0.4) is 0 Å². The Hall–Kier alpha value is -3.43. The lowest BCUT2D eigenvalue weighted by molar-refractivity contribution is 0.102. The summed E-state index contributed by atoms with van der Waals surface area (Å²) in [4.78, 5) is 37.8. The van der Waals surface area contributed by atoms with Gasteiger partial charge in [-0.3, -0.25) is 18.7 Å². The van der Waals surface area contributed by atoms with E-state index in [1.807, 2.05) is 0 Å². The Bertz CT molecular complexity index is 1450. The van der Waals surface area contributed by atoms with Gasteiger partial charge in [-0.1, -0.05) is 11.6 Å². The number of amides is 2. The van der Waals surface area contributed by atoms with Gasteiger partial charge in [-0.25, -0.2) is 9.18 Å². The number of benzene rings is 2. The summed E-state index contributed by atoms with van der Waals surface area (Å²) in [6.45, 7) is 1.76. The highest BCUT2D eigenvalue weighted by Gasteiger charge is 2.18. The van der Waals surface area contributed by atoms with Gasteiger partial charge in [-0.2, -0.15) is 0 Å². The number of nitrogens with one attached hydrogen (secondary N) is 2. The average molecular weight is 473 g/mol. The number of carbonyl (C=O) groups is 2. The van der Waals surface area contributed by atoms with Crippen LogP contribution in [0.2, 0.25) is 5.02 Å². The minimum Gasteiger partial charge on any atom is -0.321 e. The molecule has 0 radical (unpaired) electrons. The molecule has 0 saturated carbocycles. The summed E-state index contributed by atoms with van der Waals surface area (Å²) < 4.78 is 16.3. The second-order valence-electron chi connectivity index (χ2n) is 7.26. The van der Waals surface area contributed by atoms with Crippen molar-refractivity contribution in [3.05, 3.63) is 79.8 Å². The van der Waals surface area contributed by atoms with Crippen LogP contribution >= 0.6 is 22.9 Å². The molecule has 2 N–H and O–H groups in total. The maximum Gasteiger partial charge on any atom is 0.328 e. The van der Waals surface area contributed by atoms with Crippen LogP contribution in [0.25, 0.3) is 11.0 Å². The molecule has 7 nitrogen and oxygen atoms in total. The van der Waals surface area contributed by atoms with Crippen LogP contribution in [0.1, 0.15) is 25.6 Å². The molecule has 0 aliphatic rings. The second kappa shape index (κ2) is 8.25. The van der Waals surface area contributed by atoms with Crippen molar-refractivity contribution in [3.8, 4) is 0 Å². The summed E-state index contributed by atoms with van der Waals surface area (Å²) in [5.41, 5.74) is 2.65. The molecule has 0 aliphatic heterocycles. The van der Waals surface area contributed by atoms with Gasteiger partial charge in [0.2, 0.25) is 0 Å². The van der Waals surface area contributed by atoms with Crippen LogP contribution in [0.4, 0.5) is 15.1 Å². The Morgan fingerprint density at radius 3 is 2.41 bits per heavy atom. The quantitative estimate of drug-likeness (QED) is 0.457. The summed E-state index contributed by atoms with van der Waals surface area (Å²) in [7, 11) is 3.36. The molecule has 10 heteroatoms. The molecule has 0 unspecified atom stereocenters. The third-order valence-corrected chi connectivity index (χ3v) is 6.53. The summed E-state index contributed by atoms with van der Waals surface area (Å²) in [6.07, 6.45) is 0. The Balaban J connectivity index is 1.54. The number of nitrogens with zero attached hydrogens (tertiary/aromatic N) is 2. The van der Waals surface area contributed by atoms with Crippen molar-refractivity contribution in [2.45, 2.75) is 6.92 Å². The summed E-state index contributed by atoms with van der Waals surface area (Å²) >= 11 is 7.06. The van der Waals surface area contributed by atoms with E-state index in [9.17, 15) is 18.8 Å². The van der Waals surface area contributed by atoms with E-state index in [-0.39, 0.29) is 22.2 Å². The number of thiophene rings is 1. The van der Waals surface area contributed by atoms with Crippen molar-refractivity contribution in [2.24, 2.45) is 14.1 Å². The van der Waals surface area contributed by atoms with Crippen molar-refractivity contribution >= 4 is 56.5 Å². The molecular formula is C22H18ClFN4O3S. The standard InChI is InChI=1S/C22H18ClFN4O3S/c1-11-8-18(26-20(29)14-6-4-12(24)9-15(14)23)32-19(11)21(30)25-13-5-7-16-17(10-13)28(3)22(31)27(16)2/h4-10H,1-3H3,(H,25,30)(H,26,29). The molecule has 2 heterocycles. The van der Waals surface area contributed by atoms with Crippen LogP contribution < -0.4 is 16.3 Å². The number of fused-ring (bicyclic) bond motifs is 1. The third kappa shape index (κ3) is 3.92. The number of carbonyl (C=O) groups excluding carboxylic acids is 2. The summed E-state index contributed by atoms with van der Waals surface area (Å²) in [6, 6.07) is 10.4. The molecule has 0 spiro atoms. The topological polar surface area (TPSA) is 85.1 Å². The molecule has 0 atom stereocenters. The van der Waals surface area contributed by atoms with Crippen molar-refractivity contribution in [1.82, 2.24) is 9.13 Å². The van der Waals surface area contributed by atoms with E-state index in [0.29, 0.717) is 26.6 Å². The number of imidazole rings is 1. The molecule has 0 bridgehead atoms. The fraction of sp³-hybridized carbons (Fsp3) is 0.136. The van der Waals surface area contributed by atoms with Gasteiger partial charge in [0.05, 0.1) is 31.5 Å². The zero-order chi connectivity index (χ0) is 23.2. The number of rotatable bonds is 4. The van der Waals surface area contributed by atoms with Crippen LogP contribution in [0.15, 0.2) is 47.3 Å². The predicted molar refractivity (Wildman–Crippen MR) is 125 cm³/mol. The van der Waals surface area contributed by atoms with Gasteiger partial charge in [0.15, 0.2) is 0 Å². The minimum absolute atomic E-state index is 0.000510. The fourth-order valence-electron chi connectivity index (χ4n) is 3.39. The summed E-state index contributed by atoms with van der Waals surface area (Å²) in [5, 5.41) is 5.98. The average Bonchev–Trinajstić information content (AvgIpc) is 3.20. The molecule has 2 amide bonds. The minimum atomic E-state index is -0.536. The molecule has 2 aromatic heterocycles. The highest BCUT2D eigenvalue weighted by molar-refractivity contribution is 7.18. The molecule has 4 aromatic rings. The molecule has 32 heavy (non-hydrogen) atoms. The molecular weight excluding hydrogens is 455 g/mol. The monoisotopic (exact) mass is 472 g/mol. The first-order valence-corrected chi connectivity index (χ1v) is 10.7. The van der Waals surface area contributed by atoms with Crippen molar-refractivity contribution < 1.29 is 14.0 Å². The molecule has 0 saturated heterocycles. The number of hydrogen-bond acceptors (Lipinski definition) is 4. The zero-order valence-corrected chi connectivity index (χ0v) is 18.9. The number of aryl methyl sites for hydroxylation is 3. The first-order chi connectivity index (χ1) is 15.2. The van der Waals surface area contributed by atoms with Gasteiger partial charge in [0, 0.05) is 19.8 Å². The summed E-state index contributed by atoms with van der Waals surface area (Å²) in [5.74, 6) is -1.38. The highest BCUT2D eigenvalue weighted by Crippen LogP contribution is 2.29. The Labute approximate surface area is 191 Å². The number of anilines is 2. The van der Waals surface area contributed by atoms with E-state index >= 15 is 0 Å². The van der Waals surface area contributed by atoms with Gasteiger partial charge in [0.25, 0.3) is 11.8 Å². The lowest BCUT2D eigenvalue weighted by Gasteiger charge is -2.06. The van der Waals surface area contributed by atoms with Gasteiger partial charge in [0.1, 0.15) is 5.82 Å². The van der Waals surface area contributed by atoms with Crippen molar-refractivity contribution in [1.29, 1.82) is 0 Å². The zero-order valence-electron chi connectivity index (χ0n) is 17.3. The number of halogens is 2. The largest absolute Gasteiger partial charge is 0.328 e.